The largest absolute Gasteiger partial charge is 0.471 e. The molecule has 7 nitrogen and oxygen atoms in total. The van der Waals surface area contributed by atoms with Crippen LogP contribution in [-0.2, 0) is 11.5 Å². The number of aryl methyl sites for hydroxylation is 1. The minimum absolute atomic E-state index is 0.167. The van der Waals surface area contributed by atoms with Gasteiger partial charge in [0, 0.05) is 15.5 Å². The van der Waals surface area contributed by atoms with Gasteiger partial charge in [-0.15, -0.1) is 11.3 Å². The summed E-state index contributed by atoms with van der Waals surface area (Å²) >= 11 is 4.71. The number of amides is 1. The highest BCUT2D eigenvalue weighted by molar-refractivity contribution is 9.10. The second-order valence-electron chi connectivity index (χ2n) is 6.13. The van der Waals surface area contributed by atoms with E-state index in [-0.39, 0.29) is 19.0 Å². The van der Waals surface area contributed by atoms with Gasteiger partial charge in [-0.05, 0) is 56.7 Å². The Balaban J connectivity index is 1.68. The molecule has 3 aromatic rings. The van der Waals surface area contributed by atoms with Crippen molar-refractivity contribution >= 4 is 44.1 Å². The Morgan fingerprint density at radius 3 is 2.62 bits per heavy atom. The molecular weight excluding hydrogens is 458 g/mol. The Labute approximate surface area is 180 Å². The zero-order valence-electron chi connectivity index (χ0n) is 16.2. The lowest BCUT2D eigenvalue weighted by atomic mass is 10.1. The third kappa shape index (κ3) is 5.04. The van der Waals surface area contributed by atoms with E-state index in [1.807, 2.05) is 38.1 Å². The molecule has 9 heteroatoms. The van der Waals surface area contributed by atoms with E-state index in [1.165, 1.54) is 16.0 Å². The maximum Gasteiger partial charge on any atom is 0.341 e. The maximum atomic E-state index is 12.6. The van der Waals surface area contributed by atoms with Gasteiger partial charge in [0.25, 0.3) is 5.91 Å². The average Bonchev–Trinajstić information content (AvgIpc) is 3.26. The number of aromatic nitrogens is 2. The van der Waals surface area contributed by atoms with Crippen LogP contribution in [0.2, 0.25) is 0 Å². The highest BCUT2D eigenvalue weighted by atomic mass is 79.9. The van der Waals surface area contributed by atoms with Crippen LogP contribution >= 0.6 is 27.3 Å². The summed E-state index contributed by atoms with van der Waals surface area (Å²) in [6.45, 7) is 5.91. The topological polar surface area (TPSA) is 82.5 Å². The van der Waals surface area contributed by atoms with E-state index < -0.39 is 11.9 Å². The number of rotatable bonds is 7. The monoisotopic (exact) mass is 477 g/mol. The van der Waals surface area contributed by atoms with Crippen LogP contribution in [0.3, 0.4) is 0 Å². The highest BCUT2D eigenvalue weighted by Gasteiger charge is 2.23. The van der Waals surface area contributed by atoms with Crippen LogP contribution in [0.15, 0.2) is 41.0 Å². The predicted octanol–water partition coefficient (Wildman–Crippen LogP) is 4.79. The molecule has 0 aliphatic rings. The number of hydrogen-bond donors (Lipinski definition) is 1. The summed E-state index contributed by atoms with van der Waals surface area (Å²) in [5.41, 5.74) is 1.42. The third-order valence-corrected chi connectivity index (χ3v) is 5.79. The number of benzene rings is 1. The Morgan fingerprint density at radius 2 is 1.93 bits per heavy atom. The lowest BCUT2D eigenvalue weighted by Crippen LogP contribution is -2.16. The zero-order chi connectivity index (χ0) is 21.0. The van der Waals surface area contributed by atoms with Crippen LogP contribution in [-0.4, -0.2) is 28.3 Å². The van der Waals surface area contributed by atoms with Crippen LogP contribution in [0.25, 0.3) is 0 Å². The molecule has 0 radical (unpaired) electrons. The van der Waals surface area contributed by atoms with Crippen LogP contribution in [0, 0.1) is 13.8 Å². The molecule has 2 aromatic heterocycles. The number of esters is 1. The van der Waals surface area contributed by atoms with Gasteiger partial charge in [-0.1, -0.05) is 15.9 Å². The molecule has 0 unspecified atom stereocenters. The van der Waals surface area contributed by atoms with Crippen molar-refractivity contribution in [1.29, 1.82) is 0 Å². The number of nitrogens with zero attached hydrogens (tertiary/aromatic N) is 2. The van der Waals surface area contributed by atoms with Gasteiger partial charge in [-0.25, -0.2) is 9.48 Å². The summed E-state index contributed by atoms with van der Waals surface area (Å²) in [4.78, 5) is 25.8. The first-order chi connectivity index (χ1) is 13.9. The van der Waals surface area contributed by atoms with Crippen molar-refractivity contribution in [3.05, 3.63) is 62.7 Å². The summed E-state index contributed by atoms with van der Waals surface area (Å²) in [7, 11) is 0. The molecule has 0 spiro atoms. The van der Waals surface area contributed by atoms with Gasteiger partial charge in [0.15, 0.2) is 12.4 Å². The minimum atomic E-state index is -0.446. The molecule has 3 rings (SSSR count). The van der Waals surface area contributed by atoms with Gasteiger partial charge in [-0.3, -0.25) is 4.79 Å². The fourth-order valence-corrected chi connectivity index (χ4v) is 3.87. The normalized spacial score (nSPS) is 10.6. The van der Waals surface area contributed by atoms with Gasteiger partial charge in [0.05, 0.1) is 12.2 Å². The van der Waals surface area contributed by atoms with Crippen molar-refractivity contribution in [2.24, 2.45) is 0 Å². The van der Waals surface area contributed by atoms with Gasteiger partial charge < -0.3 is 14.8 Å². The smallest absolute Gasteiger partial charge is 0.341 e. The molecule has 1 N–H and O–H groups in total. The lowest BCUT2D eigenvalue weighted by molar-refractivity contribution is 0.0527. The molecule has 0 saturated heterocycles. The first-order valence-electron chi connectivity index (χ1n) is 8.89. The SMILES string of the molecule is CCOC(=O)c1c(NC(=O)c2ccn(COc3ccc(Br)cc3)n2)sc(C)c1C. The molecule has 1 amide bonds. The van der Waals surface area contributed by atoms with E-state index in [2.05, 4.69) is 26.3 Å². The highest BCUT2D eigenvalue weighted by Crippen LogP contribution is 2.33. The zero-order valence-corrected chi connectivity index (χ0v) is 18.6. The maximum absolute atomic E-state index is 12.6. The minimum Gasteiger partial charge on any atom is -0.471 e. The Kier molecular flexibility index (Phi) is 6.71. The molecule has 0 bridgehead atoms. The Bertz CT molecular complexity index is 1030. The van der Waals surface area contributed by atoms with Crippen molar-refractivity contribution in [3.8, 4) is 5.75 Å². The van der Waals surface area contributed by atoms with Crippen LogP contribution < -0.4 is 10.1 Å². The Hall–Kier alpha value is -2.65. The average molecular weight is 478 g/mol. The lowest BCUT2D eigenvalue weighted by Gasteiger charge is -2.07. The number of thiophene rings is 1. The van der Waals surface area contributed by atoms with E-state index in [4.69, 9.17) is 9.47 Å². The van der Waals surface area contributed by atoms with E-state index in [1.54, 1.807) is 19.2 Å². The molecular formula is C20H20BrN3O4S. The van der Waals surface area contributed by atoms with Crippen LogP contribution in [0.4, 0.5) is 5.00 Å². The third-order valence-electron chi connectivity index (χ3n) is 4.14. The molecule has 152 valence electrons. The number of carbonyl (C=O) groups is 2. The second kappa shape index (κ2) is 9.23. The molecule has 1 aromatic carbocycles. The molecule has 2 heterocycles. The standard InChI is InChI=1S/C20H20BrN3O4S/c1-4-27-20(26)17-12(2)13(3)29-19(17)22-18(25)16-9-10-24(23-16)11-28-15-7-5-14(21)6-8-15/h5-10H,4,11H2,1-3H3,(H,22,25). The van der Waals surface area contributed by atoms with Gasteiger partial charge in [-0.2, -0.15) is 5.10 Å². The van der Waals surface area contributed by atoms with E-state index in [0.29, 0.717) is 16.3 Å². The number of ether oxygens (including phenoxy) is 2. The summed E-state index contributed by atoms with van der Waals surface area (Å²) in [5.74, 6) is -0.157. The van der Waals surface area contributed by atoms with E-state index in [9.17, 15) is 9.59 Å². The van der Waals surface area contributed by atoms with E-state index >= 15 is 0 Å². The van der Waals surface area contributed by atoms with E-state index in [0.717, 1.165) is 14.9 Å². The number of nitrogens with one attached hydrogen (secondary N) is 1. The fraction of sp³-hybridized carbons (Fsp3) is 0.250. The van der Waals surface area contributed by atoms with Gasteiger partial charge in [0.2, 0.25) is 0 Å². The van der Waals surface area contributed by atoms with Crippen molar-refractivity contribution in [2.45, 2.75) is 27.5 Å². The summed E-state index contributed by atoms with van der Waals surface area (Å²) in [6, 6.07) is 9.02. The predicted molar refractivity (Wildman–Crippen MR) is 115 cm³/mol. The van der Waals surface area contributed by atoms with Crippen LogP contribution in [0.1, 0.15) is 38.2 Å². The number of hydrogen-bond acceptors (Lipinski definition) is 6. The second-order valence-corrected chi connectivity index (χ2v) is 8.27. The van der Waals surface area contributed by atoms with Gasteiger partial charge >= 0.3 is 5.97 Å². The van der Waals surface area contributed by atoms with Crippen LogP contribution in [0.5, 0.6) is 5.75 Å². The van der Waals surface area contributed by atoms with Crippen molar-refractivity contribution in [3.63, 3.8) is 0 Å². The van der Waals surface area contributed by atoms with Gasteiger partial charge in [0.1, 0.15) is 10.8 Å². The number of halogens is 1. The quantitative estimate of drug-likeness (QED) is 0.494. The summed E-state index contributed by atoms with van der Waals surface area (Å²) < 4.78 is 13.2. The number of anilines is 1. The molecule has 0 fully saturated rings. The molecule has 0 atom stereocenters. The Morgan fingerprint density at radius 1 is 1.21 bits per heavy atom. The van der Waals surface area contributed by atoms with Crippen molar-refractivity contribution in [2.75, 3.05) is 11.9 Å². The summed E-state index contributed by atoms with van der Waals surface area (Å²) in [5, 5.41) is 7.48. The van der Waals surface area contributed by atoms with Crippen molar-refractivity contribution < 1.29 is 19.1 Å². The number of carbonyl (C=O) groups excluding carboxylic acids is 2. The molecule has 0 aliphatic heterocycles. The molecule has 0 saturated carbocycles. The fourth-order valence-electron chi connectivity index (χ4n) is 2.56. The van der Waals surface area contributed by atoms with Crippen molar-refractivity contribution in [1.82, 2.24) is 9.78 Å². The first kappa shape index (κ1) is 21.1. The molecule has 0 aliphatic carbocycles. The first-order valence-corrected chi connectivity index (χ1v) is 10.5. The molecule has 29 heavy (non-hydrogen) atoms. The summed E-state index contributed by atoms with van der Waals surface area (Å²) in [6.07, 6.45) is 1.66.